The van der Waals surface area contributed by atoms with E-state index in [1.165, 1.54) is 0 Å². The Hall–Kier alpha value is -2.09. The molecule has 0 aliphatic rings. The summed E-state index contributed by atoms with van der Waals surface area (Å²) in [5.74, 6) is -2.41. The summed E-state index contributed by atoms with van der Waals surface area (Å²) >= 11 is 0. The second kappa shape index (κ2) is 4.42. The molecule has 1 aromatic rings. The van der Waals surface area contributed by atoms with Crippen LogP contribution in [0.25, 0.3) is 0 Å². The molecule has 1 N–H and O–H groups in total. The van der Waals surface area contributed by atoms with Gasteiger partial charge in [-0.2, -0.15) is 5.26 Å². The highest BCUT2D eigenvalue weighted by Crippen LogP contribution is 2.21. The van der Waals surface area contributed by atoms with E-state index < -0.39 is 17.5 Å². The molecule has 0 aromatic heterocycles. The van der Waals surface area contributed by atoms with Crippen molar-refractivity contribution in [1.29, 1.82) is 5.26 Å². The summed E-state index contributed by atoms with van der Waals surface area (Å²) in [4.78, 5) is 11.3. The number of hydrogen-bond acceptors (Lipinski definition) is 4. The first-order valence-corrected chi connectivity index (χ1v) is 4.19. The summed E-state index contributed by atoms with van der Waals surface area (Å²) < 4.78 is 17.6. The van der Waals surface area contributed by atoms with Crippen LogP contribution in [0.4, 0.5) is 4.39 Å². The number of rotatable bonds is 2. The van der Waals surface area contributed by atoms with E-state index in [-0.39, 0.29) is 17.7 Å². The van der Waals surface area contributed by atoms with Crippen molar-refractivity contribution in [3.05, 3.63) is 29.1 Å². The van der Waals surface area contributed by atoms with E-state index in [0.717, 1.165) is 12.1 Å². The average Bonchev–Trinajstić information content (AvgIpc) is 2.21. The molecule has 0 atom stereocenters. The minimum atomic E-state index is -0.961. The first-order chi connectivity index (χ1) is 7.10. The lowest BCUT2D eigenvalue weighted by Crippen LogP contribution is -2.07. The minimum absolute atomic E-state index is 0.118. The van der Waals surface area contributed by atoms with E-state index in [1.807, 2.05) is 0 Å². The number of benzene rings is 1. The maximum Gasteiger partial charge on any atom is 0.339 e. The van der Waals surface area contributed by atoms with Gasteiger partial charge in [0, 0.05) is 6.07 Å². The Morgan fingerprint density at radius 3 is 2.87 bits per heavy atom. The third-order valence-corrected chi connectivity index (χ3v) is 1.70. The lowest BCUT2D eigenvalue weighted by Gasteiger charge is -2.04. The monoisotopic (exact) mass is 209 g/mol. The molecule has 1 aromatic carbocycles. The van der Waals surface area contributed by atoms with Crippen LogP contribution in [0.2, 0.25) is 0 Å². The van der Waals surface area contributed by atoms with Crippen LogP contribution in [-0.4, -0.2) is 17.7 Å². The zero-order valence-electron chi connectivity index (χ0n) is 7.95. The summed E-state index contributed by atoms with van der Waals surface area (Å²) in [6, 6.07) is 3.35. The van der Waals surface area contributed by atoms with Gasteiger partial charge in [0.25, 0.3) is 0 Å². The molecule has 0 aliphatic heterocycles. The van der Waals surface area contributed by atoms with Gasteiger partial charge in [0.15, 0.2) is 11.6 Å². The maximum atomic E-state index is 12.9. The molecule has 0 heterocycles. The van der Waals surface area contributed by atoms with Gasteiger partial charge >= 0.3 is 5.97 Å². The molecule has 0 fully saturated rings. The molecule has 0 unspecified atom stereocenters. The summed E-state index contributed by atoms with van der Waals surface area (Å²) in [7, 11) is 0. The van der Waals surface area contributed by atoms with Crippen molar-refractivity contribution in [3.8, 4) is 11.8 Å². The van der Waals surface area contributed by atoms with Gasteiger partial charge in [0.05, 0.1) is 17.7 Å². The molecule has 0 aliphatic carbocycles. The molecule has 4 nitrogen and oxygen atoms in total. The number of aromatic hydroxyl groups is 1. The molecule has 0 amide bonds. The van der Waals surface area contributed by atoms with Gasteiger partial charge < -0.3 is 9.84 Å². The molecule has 0 saturated carbocycles. The predicted molar refractivity (Wildman–Crippen MR) is 48.7 cm³/mol. The quantitative estimate of drug-likeness (QED) is 0.750. The van der Waals surface area contributed by atoms with Gasteiger partial charge in [-0.05, 0) is 13.0 Å². The van der Waals surface area contributed by atoms with Crippen LogP contribution in [0, 0.1) is 17.1 Å². The van der Waals surface area contributed by atoms with E-state index in [2.05, 4.69) is 4.74 Å². The Morgan fingerprint density at radius 1 is 1.67 bits per heavy atom. The van der Waals surface area contributed by atoms with Gasteiger partial charge in [0.2, 0.25) is 0 Å². The van der Waals surface area contributed by atoms with E-state index >= 15 is 0 Å². The number of phenolic OH excluding ortho intramolecular Hbond substituents is 1. The van der Waals surface area contributed by atoms with Crippen LogP contribution < -0.4 is 0 Å². The largest absolute Gasteiger partial charge is 0.505 e. The molecule has 0 saturated heterocycles. The van der Waals surface area contributed by atoms with Crippen LogP contribution in [0.15, 0.2) is 12.1 Å². The van der Waals surface area contributed by atoms with Gasteiger partial charge in [-0.3, -0.25) is 0 Å². The van der Waals surface area contributed by atoms with Gasteiger partial charge in [0.1, 0.15) is 6.07 Å². The minimum Gasteiger partial charge on any atom is -0.505 e. The first kappa shape index (κ1) is 11.0. The van der Waals surface area contributed by atoms with Crippen molar-refractivity contribution < 1.29 is 19.0 Å². The number of phenols is 1. The molecule has 0 radical (unpaired) electrons. The normalized spacial score (nSPS) is 9.40. The molecule has 78 valence electrons. The zero-order valence-corrected chi connectivity index (χ0v) is 7.95. The highest BCUT2D eigenvalue weighted by molar-refractivity contribution is 5.92. The van der Waals surface area contributed by atoms with Crippen LogP contribution in [0.3, 0.4) is 0 Å². The molecule has 15 heavy (non-hydrogen) atoms. The molecule has 0 bridgehead atoms. The average molecular weight is 209 g/mol. The van der Waals surface area contributed by atoms with Crippen LogP contribution in [0.1, 0.15) is 22.8 Å². The fourth-order valence-electron chi connectivity index (χ4n) is 1.03. The number of carbonyl (C=O) groups excluding carboxylic acids is 1. The summed E-state index contributed by atoms with van der Waals surface area (Å²) in [6.45, 7) is 1.73. The number of esters is 1. The summed E-state index contributed by atoms with van der Waals surface area (Å²) in [5.41, 5.74) is -0.304. The SMILES string of the molecule is CCOC(=O)c1cc(F)c(O)cc1C#N. The number of halogens is 1. The van der Waals surface area contributed by atoms with Crippen LogP contribution >= 0.6 is 0 Å². The Kier molecular flexibility index (Phi) is 3.24. The number of hydrogen-bond donors (Lipinski definition) is 1. The van der Waals surface area contributed by atoms with Gasteiger partial charge in [-0.15, -0.1) is 0 Å². The second-order valence-corrected chi connectivity index (χ2v) is 2.68. The third kappa shape index (κ3) is 2.23. The van der Waals surface area contributed by atoms with Crippen molar-refractivity contribution in [3.63, 3.8) is 0 Å². The van der Waals surface area contributed by atoms with Crippen LogP contribution in [-0.2, 0) is 4.74 Å². The maximum absolute atomic E-state index is 12.9. The van der Waals surface area contributed by atoms with E-state index in [1.54, 1.807) is 13.0 Å². The Balaban J connectivity index is 3.23. The van der Waals surface area contributed by atoms with Crippen molar-refractivity contribution in [2.45, 2.75) is 6.92 Å². The molecular weight excluding hydrogens is 201 g/mol. The van der Waals surface area contributed by atoms with Crippen LogP contribution in [0.5, 0.6) is 5.75 Å². The topological polar surface area (TPSA) is 70.3 Å². The predicted octanol–water partition coefficient (Wildman–Crippen LogP) is 1.58. The third-order valence-electron chi connectivity index (χ3n) is 1.70. The highest BCUT2D eigenvalue weighted by Gasteiger charge is 2.16. The van der Waals surface area contributed by atoms with Crippen molar-refractivity contribution >= 4 is 5.97 Å². The molecule has 0 spiro atoms. The van der Waals surface area contributed by atoms with E-state index in [9.17, 15) is 9.18 Å². The standard InChI is InChI=1S/C10H8FNO3/c1-2-15-10(14)7-4-8(11)9(13)3-6(7)5-12/h3-4,13H,2H2,1H3. The number of nitriles is 1. The zero-order chi connectivity index (χ0) is 11.4. The van der Waals surface area contributed by atoms with Crippen molar-refractivity contribution in [1.82, 2.24) is 0 Å². The fraction of sp³-hybridized carbons (Fsp3) is 0.200. The fourth-order valence-corrected chi connectivity index (χ4v) is 1.03. The van der Waals surface area contributed by atoms with E-state index in [0.29, 0.717) is 0 Å². The summed E-state index contributed by atoms with van der Waals surface area (Å²) in [6.07, 6.45) is 0. The van der Waals surface area contributed by atoms with Gasteiger partial charge in [-0.1, -0.05) is 0 Å². The smallest absolute Gasteiger partial charge is 0.339 e. The Labute approximate surface area is 85.5 Å². The van der Waals surface area contributed by atoms with E-state index in [4.69, 9.17) is 10.4 Å². The second-order valence-electron chi connectivity index (χ2n) is 2.68. The van der Waals surface area contributed by atoms with Crippen molar-refractivity contribution in [2.24, 2.45) is 0 Å². The Bertz CT molecular complexity index is 437. The molecule has 1 rings (SSSR count). The first-order valence-electron chi connectivity index (χ1n) is 4.19. The Morgan fingerprint density at radius 2 is 2.33 bits per heavy atom. The molecule has 5 heteroatoms. The number of carbonyl (C=O) groups is 1. The lowest BCUT2D eigenvalue weighted by atomic mass is 10.1. The number of ether oxygens (including phenoxy) is 1. The number of nitrogens with zero attached hydrogens (tertiary/aromatic N) is 1. The highest BCUT2D eigenvalue weighted by atomic mass is 19.1. The lowest BCUT2D eigenvalue weighted by molar-refractivity contribution is 0.0525. The van der Waals surface area contributed by atoms with Gasteiger partial charge in [-0.25, -0.2) is 9.18 Å². The summed E-state index contributed by atoms with van der Waals surface area (Å²) in [5, 5.41) is 17.6. The van der Waals surface area contributed by atoms with Crippen molar-refractivity contribution in [2.75, 3.05) is 6.61 Å². The molecular formula is C10H8FNO3.